The number of thiophene rings is 2. The second-order valence-corrected chi connectivity index (χ2v) is 5.51. The molecule has 1 aliphatic heterocycles. The molecule has 0 aliphatic carbocycles. The third-order valence-electron chi connectivity index (χ3n) is 2.54. The summed E-state index contributed by atoms with van der Waals surface area (Å²) in [6, 6.07) is 8.55. The van der Waals surface area contributed by atoms with Gasteiger partial charge in [-0.25, -0.2) is 0 Å². The highest BCUT2D eigenvalue weighted by Gasteiger charge is 2.11. The zero-order valence-electron chi connectivity index (χ0n) is 9.09. The first-order valence-corrected chi connectivity index (χ1v) is 7.12. The van der Waals surface area contributed by atoms with Crippen LogP contribution in [0.2, 0.25) is 0 Å². The van der Waals surface area contributed by atoms with Crippen molar-refractivity contribution < 1.29 is 0 Å². The molecule has 3 heterocycles. The Bertz CT molecular complexity index is 522. The minimum Gasteiger partial charge on any atom is -0.368 e. The summed E-state index contributed by atoms with van der Waals surface area (Å²) in [4.78, 5) is 2.64. The highest BCUT2D eigenvalue weighted by Crippen LogP contribution is 2.34. The molecule has 2 aromatic heterocycles. The van der Waals surface area contributed by atoms with E-state index in [0.29, 0.717) is 0 Å². The highest BCUT2D eigenvalue weighted by atomic mass is 32.1. The molecule has 0 radical (unpaired) electrons. The van der Waals surface area contributed by atoms with E-state index in [1.807, 2.05) is 12.4 Å². The SMILES string of the molecule is C1=CC(=C(c2cccs2)c2cccs2)C=CN1. The lowest BCUT2D eigenvalue weighted by molar-refractivity contribution is 1.17. The molecule has 0 atom stereocenters. The molecule has 3 heteroatoms. The van der Waals surface area contributed by atoms with E-state index in [4.69, 9.17) is 0 Å². The van der Waals surface area contributed by atoms with E-state index < -0.39 is 0 Å². The average Bonchev–Trinajstić information content (AvgIpc) is 3.04. The van der Waals surface area contributed by atoms with Crippen molar-refractivity contribution in [2.24, 2.45) is 0 Å². The van der Waals surface area contributed by atoms with Gasteiger partial charge in [0.1, 0.15) is 0 Å². The predicted octanol–water partition coefficient (Wildman–Crippen LogP) is 4.24. The fourth-order valence-corrected chi connectivity index (χ4v) is 3.48. The first kappa shape index (κ1) is 10.6. The molecule has 17 heavy (non-hydrogen) atoms. The van der Waals surface area contributed by atoms with Crippen LogP contribution < -0.4 is 5.32 Å². The van der Waals surface area contributed by atoms with Crippen molar-refractivity contribution in [3.05, 3.63) is 74.9 Å². The van der Waals surface area contributed by atoms with Gasteiger partial charge in [0.05, 0.1) is 0 Å². The molecule has 0 spiro atoms. The lowest BCUT2D eigenvalue weighted by Gasteiger charge is -2.09. The van der Waals surface area contributed by atoms with Crippen LogP contribution in [-0.2, 0) is 0 Å². The van der Waals surface area contributed by atoms with Crippen LogP contribution in [0.15, 0.2) is 65.2 Å². The van der Waals surface area contributed by atoms with Crippen molar-refractivity contribution in [1.82, 2.24) is 5.32 Å². The van der Waals surface area contributed by atoms with Crippen LogP contribution >= 0.6 is 22.7 Å². The molecular formula is C14H11NS2. The van der Waals surface area contributed by atoms with Gasteiger partial charge in [-0.05, 0) is 40.6 Å². The normalized spacial score (nSPS) is 13.8. The van der Waals surface area contributed by atoms with Crippen LogP contribution in [0.25, 0.3) is 5.57 Å². The van der Waals surface area contributed by atoms with E-state index in [2.05, 4.69) is 52.5 Å². The minimum absolute atomic E-state index is 1.26. The standard InChI is InChI=1S/C14H11NS2/c1-3-12(16-9-1)14(13-4-2-10-17-13)11-5-7-15-8-6-11/h1-10,15H. The Morgan fingerprint density at radius 2 is 1.47 bits per heavy atom. The summed E-state index contributed by atoms with van der Waals surface area (Å²) < 4.78 is 0. The maximum absolute atomic E-state index is 3.07. The Morgan fingerprint density at radius 1 is 0.882 bits per heavy atom. The molecule has 0 saturated carbocycles. The fourth-order valence-electron chi connectivity index (χ4n) is 1.80. The van der Waals surface area contributed by atoms with Gasteiger partial charge < -0.3 is 5.32 Å². The van der Waals surface area contributed by atoms with Crippen LogP contribution in [0.1, 0.15) is 9.75 Å². The summed E-state index contributed by atoms with van der Waals surface area (Å²) in [5.41, 5.74) is 2.58. The van der Waals surface area contributed by atoms with Crippen molar-refractivity contribution in [3.63, 3.8) is 0 Å². The molecule has 84 valence electrons. The van der Waals surface area contributed by atoms with Crippen LogP contribution in [0, 0.1) is 0 Å². The molecule has 2 aromatic rings. The van der Waals surface area contributed by atoms with Crippen molar-refractivity contribution in [1.29, 1.82) is 0 Å². The number of hydrogen-bond acceptors (Lipinski definition) is 3. The smallest absolute Gasteiger partial charge is 0.0362 e. The first-order chi connectivity index (χ1) is 8.45. The largest absolute Gasteiger partial charge is 0.368 e. The Kier molecular flexibility index (Phi) is 2.94. The van der Waals surface area contributed by atoms with E-state index in [1.165, 1.54) is 20.9 Å². The molecule has 3 rings (SSSR count). The second-order valence-electron chi connectivity index (χ2n) is 3.62. The van der Waals surface area contributed by atoms with Crippen molar-refractivity contribution in [3.8, 4) is 0 Å². The Hall–Kier alpha value is -1.58. The Labute approximate surface area is 108 Å². The van der Waals surface area contributed by atoms with Gasteiger partial charge in [0.2, 0.25) is 0 Å². The van der Waals surface area contributed by atoms with Crippen LogP contribution in [-0.4, -0.2) is 0 Å². The van der Waals surface area contributed by atoms with Crippen LogP contribution in [0.4, 0.5) is 0 Å². The van der Waals surface area contributed by atoms with E-state index in [0.717, 1.165) is 0 Å². The molecule has 0 saturated heterocycles. The third kappa shape index (κ3) is 2.12. The van der Waals surface area contributed by atoms with Gasteiger partial charge in [-0.15, -0.1) is 22.7 Å². The first-order valence-electron chi connectivity index (χ1n) is 5.36. The number of rotatable bonds is 2. The van der Waals surface area contributed by atoms with E-state index >= 15 is 0 Å². The van der Waals surface area contributed by atoms with Crippen LogP contribution in [0.3, 0.4) is 0 Å². The van der Waals surface area contributed by atoms with E-state index in [1.54, 1.807) is 22.7 Å². The lowest BCUT2D eigenvalue weighted by Crippen LogP contribution is -1.98. The van der Waals surface area contributed by atoms with Gasteiger partial charge in [-0.1, -0.05) is 12.1 Å². The molecule has 0 aromatic carbocycles. The third-order valence-corrected chi connectivity index (χ3v) is 4.32. The van der Waals surface area contributed by atoms with Crippen molar-refractivity contribution in [2.45, 2.75) is 0 Å². The van der Waals surface area contributed by atoms with Gasteiger partial charge in [0, 0.05) is 27.7 Å². The second kappa shape index (κ2) is 4.73. The fraction of sp³-hybridized carbons (Fsp3) is 0. The van der Waals surface area contributed by atoms with Crippen molar-refractivity contribution in [2.75, 3.05) is 0 Å². The van der Waals surface area contributed by atoms with Crippen molar-refractivity contribution >= 4 is 28.2 Å². The van der Waals surface area contributed by atoms with E-state index in [9.17, 15) is 0 Å². The van der Waals surface area contributed by atoms with Crippen LogP contribution in [0.5, 0.6) is 0 Å². The Balaban J connectivity index is 2.18. The molecule has 0 unspecified atom stereocenters. The Morgan fingerprint density at radius 3 is 1.94 bits per heavy atom. The summed E-state index contributed by atoms with van der Waals surface area (Å²) >= 11 is 3.57. The lowest BCUT2D eigenvalue weighted by atomic mass is 10.0. The minimum atomic E-state index is 1.26. The zero-order chi connectivity index (χ0) is 11.5. The van der Waals surface area contributed by atoms with Gasteiger partial charge in [0.25, 0.3) is 0 Å². The maximum Gasteiger partial charge on any atom is 0.0362 e. The summed E-state index contributed by atoms with van der Waals surface area (Å²) in [6.45, 7) is 0. The number of nitrogens with one attached hydrogen (secondary N) is 1. The molecular weight excluding hydrogens is 246 g/mol. The van der Waals surface area contributed by atoms with Gasteiger partial charge in [-0.2, -0.15) is 0 Å². The molecule has 1 N–H and O–H groups in total. The predicted molar refractivity (Wildman–Crippen MR) is 76.1 cm³/mol. The monoisotopic (exact) mass is 257 g/mol. The van der Waals surface area contributed by atoms with Gasteiger partial charge in [0.15, 0.2) is 0 Å². The maximum atomic E-state index is 3.07. The highest BCUT2D eigenvalue weighted by molar-refractivity contribution is 7.13. The van der Waals surface area contributed by atoms with Gasteiger partial charge >= 0.3 is 0 Å². The topological polar surface area (TPSA) is 12.0 Å². The summed E-state index contributed by atoms with van der Waals surface area (Å²) in [5, 5.41) is 7.32. The van der Waals surface area contributed by atoms with Gasteiger partial charge in [-0.3, -0.25) is 0 Å². The summed E-state index contributed by atoms with van der Waals surface area (Å²) in [7, 11) is 0. The molecule has 0 fully saturated rings. The molecule has 0 bridgehead atoms. The average molecular weight is 257 g/mol. The zero-order valence-corrected chi connectivity index (χ0v) is 10.7. The summed E-state index contributed by atoms with van der Waals surface area (Å²) in [5.74, 6) is 0. The molecule has 1 aliphatic rings. The van der Waals surface area contributed by atoms with E-state index in [-0.39, 0.29) is 0 Å². The molecule has 1 nitrogen and oxygen atoms in total. The number of allylic oxidation sites excluding steroid dienone is 3. The number of dihydropyridines is 1. The molecule has 0 amide bonds. The summed E-state index contributed by atoms with van der Waals surface area (Å²) in [6.07, 6.45) is 8.18. The quantitative estimate of drug-likeness (QED) is 0.848. The number of hydrogen-bond donors (Lipinski definition) is 1.